The van der Waals surface area contributed by atoms with Crippen molar-refractivity contribution in [1.29, 1.82) is 0 Å². The van der Waals surface area contributed by atoms with Gasteiger partial charge in [0.2, 0.25) is 0 Å². The Kier molecular flexibility index (Phi) is 5.57. The Hall–Kier alpha value is -3.02. The van der Waals surface area contributed by atoms with Crippen LogP contribution in [0.4, 0.5) is 0 Å². The van der Waals surface area contributed by atoms with Crippen LogP contribution in [-0.2, 0) is 11.3 Å². The van der Waals surface area contributed by atoms with E-state index in [2.05, 4.69) is 5.32 Å². The largest absolute Gasteiger partial charge is 0.497 e. The van der Waals surface area contributed by atoms with Crippen LogP contribution in [0.1, 0.15) is 15.9 Å². The Morgan fingerprint density at radius 2 is 1.91 bits per heavy atom. The number of nitrogens with one attached hydrogen (secondary N) is 1. The molecule has 6 heteroatoms. The lowest BCUT2D eigenvalue weighted by molar-refractivity contribution is -0.123. The summed E-state index contributed by atoms with van der Waals surface area (Å²) in [5, 5.41) is 2.73. The molecule has 120 valence electrons. The van der Waals surface area contributed by atoms with Gasteiger partial charge in [0.25, 0.3) is 11.8 Å². The van der Waals surface area contributed by atoms with Crippen molar-refractivity contribution < 1.29 is 19.1 Å². The third kappa shape index (κ3) is 4.74. The lowest BCUT2D eigenvalue weighted by atomic mass is 10.2. The van der Waals surface area contributed by atoms with E-state index < -0.39 is 5.91 Å². The zero-order valence-electron chi connectivity index (χ0n) is 12.7. The molecule has 0 aliphatic carbocycles. The number of carbonyl (C=O) groups excluding carboxylic acids is 2. The Morgan fingerprint density at radius 3 is 2.65 bits per heavy atom. The Balaban J connectivity index is 1.87. The fraction of sp³-hybridized carbons (Fsp3) is 0.176. The number of hydrogen-bond donors (Lipinski definition) is 2. The molecule has 0 saturated heterocycles. The van der Waals surface area contributed by atoms with Gasteiger partial charge >= 0.3 is 0 Å². The molecular weight excluding hydrogens is 296 g/mol. The van der Waals surface area contributed by atoms with Crippen LogP contribution in [0, 0.1) is 0 Å². The number of ether oxygens (including phenoxy) is 2. The maximum Gasteiger partial charge on any atom is 0.258 e. The van der Waals surface area contributed by atoms with Crippen LogP contribution in [0.15, 0.2) is 48.5 Å². The number of nitrogens with two attached hydrogens (primary N) is 1. The van der Waals surface area contributed by atoms with Crippen molar-refractivity contribution in [3.8, 4) is 11.5 Å². The summed E-state index contributed by atoms with van der Waals surface area (Å²) in [5.41, 5.74) is 6.41. The number of rotatable bonds is 7. The molecule has 0 spiro atoms. The zero-order chi connectivity index (χ0) is 16.7. The fourth-order valence-electron chi connectivity index (χ4n) is 1.97. The van der Waals surface area contributed by atoms with Gasteiger partial charge in [-0.25, -0.2) is 0 Å². The second-order valence-electron chi connectivity index (χ2n) is 4.78. The summed E-state index contributed by atoms with van der Waals surface area (Å²) in [5.74, 6) is 0.115. The number of primary amides is 1. The smallest absolute Gasteiger partial charge is 0.258 e. The van der Waals surface area contributed by atoms with Gasteiger partial charge in [0.1, 0.15) is 11.5 Å². The van der Waals surface area contributed by atoms with Crippen molar-refractivity contribution in [3.63, 3.8) is 0 Å². The molecule has 2 rings (SSSR count). The summed E-state index contributed by atoms with van der Waals surface area (Å²) < 4.78 is 10.5. The Labute approximate surface area is 134 Å². The highest BCUT2D eigenvalue weighted by Gasteiger charge is 2.10. The SMILES string of the molecule is COc1cccc(CNC(=O)COc2ccccc2C(N)=O)c1. The maximum atomic E-state index is 11.8. The van der Waals surface area contributed by atoms with E-state index in [0.29, 0.717) is 6.54 Å². The number of methoxy groups -OCH3 is 1. The zero-order valence-corrected chi connectivity index (χ0v) is 12.7. The molecule has 0 aliphatic heterocycles. The second-order valence-corrected chi connectivity index (χ2v) is 4.78. The number of hydrogen-bond acceptors (Lipinski definition) is 4. The molecule has 0 bridgehead atoms. The van der Waals surface area contributed by atoms with E-state index in [4.69, 9.17) is 15.2 Å². The number of carbonyl (C=O) groups is 2. The highest BCUT2D eigenvalue weighted by atomic mass is 16.5. The number of benzene rings is 2. The average Bonchev–Trinajstić information content (AvgIpc) is 2.58. The molecule has 0 atom stereocenters. The standard InChI is InChI=1S/C17H18N2O4/c1-22-13-6-4-5-12(9-13)10-19-16(20)11-23-15-8-3-2-7-14(15)17(18)21/h2-9H,10-11H2,1H3,(H2,18,21)(H,19,20). The fourth-order valence-corrected chi connectivity index (χ4v) is 1.97. The van der Waals surface area contributed by atoms with Crippen LogP contribution in [0.5, 0.6) is 11.5 Å². The van der Waals surface area contributed by atoms with Gasteiger partial charge in [-0.15, -0.1) is 0 Å². The summed E-state index contributed by atoms with van der Waals surface area (Å²) in [6.07, 6.45) is 0. The molecule has 0 fully saturated rings. The minimum atomic E-state index is -0.600. The van der Waals surface area contributed by atoms with Gasteiger partial charge in [0.15, 0.2) is 6.61 Å². The molecule has 23 heavy (non-hydrogen) atoms. The summed E-state index contributed by atoms with van der Waals surface area (Å²) in [6.45, 7) is 0.158. The lowest BCUT2D eigenvalue weighted by Crippen LogP contribution is -2.28. The van der Waals surface area contributed by atoms with Crippen LogP contribution in [0.2, 0.25) is 0 Å². The van der Waals surface area contributed by atoms with Crippen molar-refractivity contribution in [2.45, 2.75) is 6.54 Å². The predicted octanol–water partition coefficient (Wildman–Crippen LogP) is 1.49. The van der Waals surface area contributed by atoms with E-state index in [1.165, 1.54) is 0 Å². The quantitative estimate of drug-likeness (QED) is 0.810. The van der Waals surface area contributed by atoms with Crippen molar-refractivity contribution in [3.05, 3.63) is 59.7 Å². The first-order valence-electron chi connectivity index (χ1n) is 7.01. The van der Waals surface area contributed by atoms with Gasteiger partial charge in [-0.3, -0.25) is 9.59 Å². The average molecular weight is 314 g/mol. The predicted molar refractivity (Wildman–Crippen MR) is 85.3 cm³/mol. The Morgan fingerprint density at radius 1 is 1.13 bits per heavy atom. The normalized spacial score (nSPS) is 9.96. The van der Waals surface area contributed by atoms with Gasteiger partial charge in [-0.05, 0) is 29.8 Å². The monoisotopic (exact) mass is 314 g/mol. The van der Waals surface area contributed by atoms with Gasteiger partial charge < -0.3 is 20.5 Å². The van der Waals surface area contributed by atoms with E-state index >= 15 is 0 Å². The summed E-state index contributed by atoms with van der Waals surface area (Å²) in [7, 11) is 1.59. The van der Waals surface area contributed by atoms with E-state index in [9.17, 15) is 9.59 Å². The summed E-state index contributed by atoms with van der Waals surface area (Å²) in [6, 6.07) is 13.9. The molecule has 0 aliphatic rings. The highest BCUT2D eigenvalue weighted by Crippen LogP contribution is 2.17. The topological polar surface area (TPSA) is 90.7 Å². The maximum absolute atomic E-state index is 11.8. The van der Waals surface area contributed by atoms with Crippen molar-refractivity contribution >= 4 is 11.8 Å². The second kappa shape index (κ2) is 7.84. The third-order valence-corrected chi connectivity index (χ3v) is 3.14. The summed E-state index contributed by atoms with van der Waals surface area (Å²) in [4.78, 5) is 23.1. The first-order chi connectivity index (χ1) is 11.1. The van der Waals surface area contributed by atoms with E-state index in [-0.39, 0.29) is 23.8 Å². The van der Waals surface area contributed by atoms with E-state index in [0.717, 1.165) is 11.3 Å². The molecule has 0 radical (unpaired) electrons. The van der Waals surface area contributed by atoms with Crippen LogP contribution < -0.4 is 20.5 Å². The molecule has 0 heterocycles. The molecular formula is C17H18N2O4. The first-order valence-corrected chi connectivity index (χ1v) is 7.01. The highest BCUT2D eigenvalue weighted by molar-refractivity contribution is 5.95. The molecule has 6 nitrogen and oxygen atoms in total. The minimum Gasteiger partial charge on any atom is -0.497 e. The minimum absolute atomic E-state index is 0.200. The van der Waals surface area contributed by atoms with Crippen LogP contribution >= 0.6 is 0 Å². The molecule has 0 unspecified atom stereocenters. The van der Waals surface area contributed by atoms with Gasteiger partial charge in [0, 0.05) is 6.54 Å². The molecule has 2 amide bonds. The van der Waals surface area contributed by atoms with Gasteiger partial charge in [0.05, 0.1) is 12.7 Å². The molecule has 2 aromatic carbocycles. The van der Waals surface area contributed by atoms with Crippen molar-refractivity contribution in [2.24, 2.45) is 5.73 Å². The van der Waals surface area contributed by atoms with Crippen LogP contribution in [-0.4, -0.2) is 25.5 Å². The summed E-state index contributed by atoms with van der Waals surface area (Å²) >= 11 is 0. The van der Waals surface area contributed by atoms with Gasteiger partial charge in [-0.1, -0.05) is 24.3 Å². The molecule has 0 saturated carbocycles. The first kappa shape index (κ1) is 16.4. The van der Waals surface area contributed by atoms with Crippen molar-refractivity contribution in [2.75, 3.05) is 13.7 Å². The van der Waals surface area contributed by atoms with Crippen molar-refractivity contribution in [1.82, 2.24) is 5.32 Å². The molecule has 3 N–H and O–H groups in total. The lowest BCUT2D eigenvalue weighted by Gasteiger charge is -2.10. The van der Waals surface area contributed by atoms with Crippen LogP contribution in [0.3, 0.4) is 0 Å². The molecule has 2 aromatic rings. The molecule has 0 aromatic heterocycles. The van der Waals surface area contributed by atoms with E-state index in [1.807, 2.05) is 24.3 Å². The van der Waals surface area contributed by atoms with Crippen LogP contribution in [0.25, 0.3) is 0 Å². The van der Waals surface area contributed by atoms with E-state index in [1.54, 1.807) is 31.4 Å². The van der Waals surface area contributed by atoms with Gasteiger partial charge in [-0.2, -0.15) is 0 Å². The number of amides is 2. The third-order valence-electron chi connectivity index (χ3n) is 3.14. The number of para-hydroxylation sites is 1. The Bertz CT molecular complexity index is 700.